The van der Waals surface area contributed by atoms with E-state index < -0.39 is 20.4 Å². The van der Waals surface area contributed by atoms with E-state index in [9.17, 15) is 9.59 Å². The molecule has 0 aliphatic rings. The van der Waals surface area contributed by atoms with Gasteiger partial charge < -0.3 is 25.0 Å². The van der Waals surface area contributed by atoms with E-state index in [2.05, 4.69) is 31.9 Å². The van der Waals surface area contributed by atoms with Crippen molar-refractivity contribution in [3.05, 3.63) is 28.7 Å². The predicted octanol–water partition coefficient (Wildman–Crippen LogP) is 5.22. The first-order valence-electron chi connectivity index (χ1n) is 9.78. The molecule has 7 nitrogen and oxygen atoms in total. The fourth-order valence-corrected chi connectivity index (χ4v) is 4.09. The number of carbonyl (C=O) groups is 2. The van der Waals surface area contributed by atoms with Gasteiger partial charge in [-0.2, -0.15) is 0 Å². The number of hydrogen-bond acceptors (Lipinski definition) is 4. The summed E-state index contributed by atoms with van der Waals surface area (Å²) in [5, 5.41) is 8.38. The topological polar surface area (TPSA) is 88.7 Å². The molecule has 0 saturated heterocycles. The van der Waals surface area contributed by atoms with Crippen LogP contribution in [0.2, 0.25) is 0 Å². The fourth-order valence-electron chi connectivity index (χ4n) is 2.40. The number of rotatable bonds is 11. The van der Waals surface area contributed by atoms with E-state index in [1.807, 2.05) is 53.7 Å². The maximum atomic E-state index is 12.7. The van der Waals surface area contributed by atoms with E-state index in [1.165, 1.54) is 0 Å². The van der Waals surface area contributed by atoms with Crippen molar-refractivity contribution in [3.63, 3.8) is 0 Å². The van der Waals surface area contributed by atoms with Gasteiger partial charge in [-0.1, -0.05) is 29.8 Å². The van der Waals surface area contributed by atoms with Crippen molar-refractivity contribution >= 4 is 41.9 Å². The summed E-state index contributed by atoms with van der Waals surface area (Å²) in [4.78, 5) is 25.1. The highest BCUT2D eigenvalue weighted by atomic mass is 79.9. The first-order chi connectivity index (χ1) is 13.6. The lowest BCUT2D eigenvalue weighted by Crippen LogP contribution is -2.48. The van der Waals surface area contributed by atoms with Crippen LogP contribution in [-0.2, 0) is 13.8 Å². The second-order valence-corrected chi connectivity index (χ2v) is 9.95. The van der Waals surface area contributed by atoms with Crippen LogP contribution in [0.3, 0.4) is 0 Å². The molecule has 9 heteroatoms. The maximum Gasteiger partial charge on any atom is 0.319 e. The van der Waals surface area contributed by atoms with E-state index in [4.69, 9.17) is 9.05 Å². The van der Waals surface area contributed by atoms with E-state index in [0.717, 1.165) is 4.47 Å². The van der Waals surface area contributed by atoms with Crippen LogP contribution in [-0.4, -0.2) is 36.5 Å². The Kier molecular flexibility index (Phi) is 11.7. The highest BCUT2D eigenvalue weighted by molar-refractivity contribution is 9.10. The average Bonchev–Trinajstić information content (AvgIpc) is 2.59. The van der Waals surface area contributed by atoms with Gasteiger partial charge in [0.25, 0.3) is 0 Å². The summed E-state index contributed by atoms with van der Waals surface area (Å²) in [5.74, 6) is -0.0176. The second-order valence-electron chi connectivity index (χ2n) is 7.63. The van der Waals surface area contributed by atoms with Crippen LogP contribution in [0, 0.1) is 5.92 Å². The number of hydrogen-bond donors (Lipinski definition) is 3. The molecule has 29 heavy (non-hydrogen) atoms. The first-order valence-corrected chi connectivity index (χ1v) is 11.9. The molecule has 0 heterocycles. The molecule has 0 fully saturated rings. The quantitative estimate of drug-likeness (QED) is 0.371. The molecule has 0 aromatic heterocycles. The molecule has 0 aliphatic carbocycles. The summed E-state index contributed by atoms with van der Waals surface area (Å²) in [6.45, 7) is 11.7. The largest absolute Gasteiger partial charge is 0.346 e. The average molecular weight is 490 g/mol. The smallest absolute Gasteiger partial charge is 0.319 e. The monoisotopic (exact) mass is 489 g/mol. The van der Waals surface area contributed by atoms with Crippen LogP contribution in [0.5, 0.6) is 0 Å². The zero-order valence-electron chi connectivity index (χ0n) is 18.0. The maximum absolute atomic E-state index is 12.7. The molecule has 0 bridgehead atoms. The first kappa shape index (κ1) is 25.8. The van der Waals surface area contributed by atoms with Gasteiger partial charge in [0.1, 0.15) is 6.04 Å². The molecular weight excluding hydrogens is 457 g/mol. The number of nitrogens with one attached hydrogen (secondary N) is 3. The Labute approximate surface area is 183 Å². The van der Waals surface area contributed by atoms with Crippen LogP contribution < -0.4 is 16.0 Å². The van der Waals surface area contributed by atoms with Gasteiger partial charge in [0, 0.05) is 10.2 Å². The molecule has 3 amide bonds. The predicted molar refractivity (Wildman–Crippen MR) is 122 cm³/mol. The number of anilines is 1. The van der Waals surface area contributed by atoms with E-state index >= 15 is 0 Å². The summed E-state index contributed by atoms with van der Waals surface area (Å²) in [7, 11) is -1.25. The molecule has 1 aromatic carbocycles. The molecule has 164 valence electrons. The van der Waals surface area contributed by atoms with Crippen molar-refractivity contribution in [1.82, 2.24) is 10.6 Å². The third-order valence-corrected chi connectivity index (χ3v) is 5.73. The summed E-state index contributed by atoms with van der Waals surface area (Å²) >= 11 is 3.36. The Bertz CT molecular complexity index is 631. The Morgan fingerprint density at radius 3 is 2.03 bits per heavy atom. The summed E-state index contributed by atoms with van der Waals surface area (Å²) in [6.07, 6.45) is 0.791. The third kappa shape index (κ3) is 11.5. The second kappa shape index (κ2) is 13.2. The minimum absolute atomic E-state index is 0.00182. The van der Waals surface area contributed by atoms with Gasteiger partial charge in [0.05, 0.1) is 18.5 Å². The Morgan fingerprint density at radius 1 is 1.00 bits per heavy atom. The lowest BCUT2D eigenvalue weighted by molar-refractivity contribution is -0.123. The van der Waals surface area contributed by atoms with Crippen LogP contribution in [0.1, 0.15) is 48.0 Å². The normalized spacial score (nSPS) is 12.5. The standard InChI is InChI=1S/C20H33BrN3O4P/c1-13(2)11-18(24-20(26)23-17-9-7-16(21)8-10-17)19(25)22-12-29(27-14(3)4)28-15(5)6/h7-10,13-15,18H,11-12H2,1-6H3,(H,22,25)(H2,23,24,26). The molecule has 0 radical (unpaired) electrons. The zero-order valence-corrected chi connectivity index (χ0v) is 20.5. The number of benzene rings is 1. The molecular formula is C20H33BrN3O4P. The molecule has 0 spiro atoms. The molecule has 1 atom stereocenters. The Balaban J connectivity index is 2.68. The molecule has 1 unspecified atom stereocenters. The molecule has 3 N–H and O–H groups in total. The number of amides is 3. The molecule has 1 aromatic rings. The third-order valence-electron chi connectivity index (χ3n) is 3.47. The minimum Gasteiger partial charge on any atom is -0.346 e. The van der Waals surface area contributed by atoms with Crippen molar-refractivity contribution in [2.24, 2.45) is 5.92 Å². The van der Waals surface area contributed by atoms with Crippen molar-refractivity contribution in [3.8, 4) is 0 Å². The van der Waals surface area contributed by atoms with Gasteiger partial charge in [-0.05, 0) is 64.3 Å². The summed E-state index contributed by atoms with van der Waals surface area (Å²) in [5.41, 5.74) is 0.647. The summed E-state index contributed by atoms with van der Waals surface area (Å²) < 4.78 is 12.5. The fraction of sp³-hybridized carbons (Fsp3) is 0.600. The van der Waals surface area contributed by atoms with Crippen molar-refractivity contribution in [1.29, 1.82) is 0 Å². The van der Waals surface area contributed by atoms with Crippen LogP contribution >= 0.6 is 24.3 Å². The van der Waals surface area contributed by atoms with Gasteiger partial charge in [0.15, 0.2) is 8.38 Å². The van der Waals surface area contributed by atoms with Crippen molar-refractivity contribution < 1.29 is 18.6 Å². The van der Waals surface area contributed by atoms with Gasteiger partial charge in [-0.3, -0.25) is 4.79 Å². The van der Waals surface area contributed by atoms with Gasteiger partial charge in [-0.15, -0.1) is 0 Å². The Hall–Kier alpha value is -1.21. The minimum atomic E-state index is -1.25. The lowest BCUT2D eigenvalue weighted by Gasteiger charge is -2.24. The lowest BCUT2D eigenvalue weighted by atomic mass is 10.0. The van der Waals surface area contributed by atoms with Gasteiger partial charge >= 0.3 is 6.03 Å². The van der Waals surface area contributed by atoms with Crippen LogP contribution in [0.25, 0.3) is 0 Å². The highest BCUT2D eigenvalue weighted by Crippen LogP contribution is 2.39. The van der Waals surface area contributed by atoms with E-state index in [1.54, 1.807) is 12.1 Å². The Morgan fingerprint density at radius 2 is 1.55 bits per heavy atom. The number of halogens is 1. The van der Waals surface area contributed by atoms with Crippen LogP contribution in [0.15, 0.2) is 28.7 Å². The van der Waals surface area contributed by atoms with Crippen LogP contribution in [0.4, 0.5) is 10.5 Å². The van der Waals surface area contributed by atoms with Gasteiger partial charge in [-0.25, -0.2) is 4.79 Å². The zero-order chi connectivity index (χ0) is 22.0. The van der Waals surface area contributed by atoms with E-state index in [-0.39, 0.29) is 30.3 Å². The highest BCUT2D eigenvalue weighted by Gasteiger charge is 2.24. The van der Waals surface area contributed by atoms with Crippen molar-refractivity contribution in [2.45, 2.75) is 66.2 Å². The van der Waals surface area contributed by atoms with E-state index in [0.29, 0.717) is 12.1 Å². The molecule has 1 rings (SSSR count). The molecule has 0 aliphatic heterocycles. The van der Waals surface area contributed by atoms with Crippen molar-refractivity contribution in [2.75, 3.05) is 11.6 Å². The molecule has 0 saturated carbocycles. The summed E-state index contributed by atoms with van der Waals surface area (Å²) in [6, 6.07) is 6.15. The SMILES string of the molecule is CC(C)CC(NC(=O)Nc1ccc(Br)cc1)C(=O)NCP(OC(C)C)OC(C)C. The number of urea groups is 1. The number of carbonyl (C=O) groups excluding carboxylic acids is 2. The van der Waals surface area contributed by atoms with Gasteiger partial charge in [0.2, 0.25) is 5.91 Å².